The number of fused-ring (bicyclic) bond motifs is 5. The highest BCUT2D eigenvalue weighted by atomic mass is 35.5. The molecule has 0 fully saturated rings. The number of hydrogen-bond donors (Lipinski definition) is 0. The second-order valence-electron chi connectivity index (χ2n) is 7.12. The number of rotatable bonds is 2. The number of halogens is 1. The molecule has 3 heterocycles. The largest absolute Gasteiger partial charge is 0.402 e. The monoisotopic (exact) mass is 388 g/mol. The van der Waals surface area contributed by atoms with Gasteiger partial charge in [-0.1, -0.05) is 41.4 Å². The normalized spacial score (nSPS) is 11.7. The van der Waals surface area contributed by atoms with Gasteiger partial charge in [0.1, 0.15) is 5.52 Å². The van der Waals surface area contributed by atoms with Crippen LogP contribution in [0.15, 0.2) is 63.8 Å². The standard InChI is InChI=1S/C23H17ClN2O2/c1-13-7-10-19-17(11-13)20-16-9-8-14(2)25-22(16)28-23(27)21(20)26(19)12-15-5-3-4-6-18(15)24/h3-11H,12H2,1-2H3. The van der Waals surface area contributed by atoms with Crippen LogP contribution in [0.25, 0.3) is 32.9 Å². The fourth-order valence-corrected chi connectivity index (χ4v) is 4.05. The summed E-state index contributed by atoms with van der Waals surface area (Å²) in [4.78, 5) is 17.4. The zero-order chi connectivity index (χ0) is 19.4. The van der Waals surface area contributed by atoms with E-state index < -0.39 is 0 Å². The van der Waals surface area contributed by atoms with Gasteiger partial charge in [0.05, 0.1) is 0 Å². The van der Waals surface area contributed by atoms with Crippen LogP contribution in [0.5, 0.6) is 0 Å². The summed E-state index contributed by atoms with van der Waals surface area (Å²) in [5.74, 6) is 0. The van der Waals surface area contributed by atoms with Gasteiger partial charge in [0.15, 0.2) is 0 Å². The van der Waals surface area contributed by atoms with E-state index in [2.05, 4.69) is 23.2 Å². The van der Waals surface area contributed by atoms with E-state index in [-0.39, 0.29) is 5.63 Å². The van der Waals surface area contributed by atoms with Crippen molar-refractivity contribution in [3.63, 3.8) is 0 Å². The van der Waals surface area contributed by atoms with Crippen LogP contribution in [0.3, 0.4) is 0 Å². The Balaban J connectivity index is 1.95. The van der Waals surface area contributed by atoms with Crippen LogP contribution in [0, 0.1) is 13.8 Å². The number of pyridine rings is 1. The molecule has 4 nitrogen and oxygen atoms in total. The van der Waals surface area contributed by atoms with Crippen LogP contribution in [0.1, 0.15) is 16.8 Å². The first-order valence-electron chi connectivity index (χ1n) is 9.09. The lowest BCUT2D eigenvalue weighted by molar-refractivity contribution is 0.552. The number of hydrogen-bond acceptors (Lipinski definition) is 3. The predicted octanol–water partition coefficient (Wildman–Crippen LogP) is 5.61. The molecule has 5 heteroatoms. The molecule has 138 valence electrons. The molecule has 2 aromatic carbocycles. The van der Waals surface area contributed by atoms with Gasteiger partial charge in [0.25, 0.3) is 0 Å². The van der Waals surface area contributed by atoms with Gasteiger partial charge in [-0.25, -0.2) is 9.78 Å². The second-order valence-corrected chi connectivity index (χ2v) is 7.52. The maximum Gasteiger partial charge on any atom is 0.362 e. The Kier molecular flexibility index (Phi) is 3.78. The fourth-order valence-electron chi connectivity index (χ4n) is 3.85. The summed E-state index contributed by atoms with van der Waals surface area (Å²) in [7, 11) is 0. The Labute approximate surface area is 166 Å². The molecular weight excluding hydrogens is 372 g/mol. The summed E-state index contributed by atoms with van der Waals surface area (Å²) in [6, 6.07) is 17.8. The van der Waals surface area contributed by atoms with Crippen LogP contribution < -0.4 is 5.63 Å². The van der Waals surface area contributed by atoms with Gasteiger partial charge in [-0.05, 0) is 49.7 Å². The molecule has 0 aliphatic carbocycles. The summed E-state index contributed by atoms with van der Waals surface area (Å²) in [5, 5.41) is 3.41. The van der Waals surface area contributed by atoms with Gasteiger partial charge in [0.2, 0.25) is 5.71 Å². The summed E-state index contributed by atoms with van der Waals surface area (Å²) >= 11 is 6.40. The van der Waals surface area contributed by atoms with Crippen molar-refractivity contribution in [1.29, 1.82) is 0 Å². The minimum atomic E-state index is -0.387. The molecule has 0 aliphatic heterocycles. The van der Waals surface area contributed by atoms with E-state index in [1.807, 2.05) is 54.8 Å². The Bertz CT molecular complexity index is 1450. The second kappa shape index (κ2) is 6.21. The van der Waals surface area contributed by atoms with Crippen molar-refractivity contribution in [3.8, 4) is 0 Å². The molecule has 0 unspecified atom stereocenters. The summed E-state index contributed by atoms with van der Waals surface area (Å²) in [5.41, 5.74) is 4.39. The molecule has 28 heavy (non-hydrogen) atoms. The highest BCUT2D eigenvalue weighted by Gasteiger charge is 2.19. The van der Waals surface area contributed by atoms with Crippen molar-refractivity contribution in [1.82, 2.24) is 9.55 Å². The summed E-state index contributed by atoms with van der Waals surface area (Å²) in [6.07, 6.45) is 0. The van der Waals surface area contributed by atoms with E-state index in [1.54, 1.807) is 0 Å². The van der Waals surface area contributed by atoms with Gasteiger partial charge in [-0.15, -0.1) is 0 Å². The van der Waals surface area contributed by atoms with E-state index in [4.69, 9.17) is 16.0 Å². The topological polar surface area (TPSA) is 48.0 Å². The van der Waals surface area contributed by atoms with Crippen molar-refractivity contribution < 1.29 is 4.42 Å². The number of nitrogens with zero attached hydrogens (tertiary/aromatic N) is 2. The molecule has 5 aromatic rings. The minimum absolute atomic E-state index is 0.371. The average molecular weight is 389 g/mol. The molecule has 0 spiro atoms. The highest BCUT2D eigenvalue weighted by Crippen LogP contribution is 2.34. The smallest absolute Gasteiger partial charge is 0.362 e. The fraction of sp³-hybridized carbons (Fsp3) is 0.130. The van der Waals surface area contributed by atoms with Crippen molar-refractivity contribution >= 4 is 44.5 Å². The van der Waals surface area contributed by atoms with Gasteiger partial charge in [0, 0.05) is 38.9 Å². The number of aryl methyl sites for hydroxylation is 2. The van der Waals surface area contributed by atoms with Crippen molar-refractivity contribution in [2.24, 2.45) is 0 Å². The van der Waals surface area contributed by atoms with Gasteiger partial charge < -0.3 is 8.98 Å². The van der Waals surface area contributed by atoms with E-state index in [1.165, 1.54) is 0 Å². The van der Waals surface area contributed by atoms with E-state index in [9.17, 15) is 4.79 Å². The molecule has 0 saturated carbocycles. The highest BCUT2D eigenvalue weighted by molar-refractivity contribution is 6.31. The minimum Gasteiger partial charge on any atom is -0.402 e. The molecule has 0 radical (unpaired) electrons. The van der Waals surface area contributed by atoms with Crippen molar-refractivity contribution in [2.75, 3.05) is 0 Å². The molecular formula is C23H17ClN2O2. The Morgan fingerprint density at radius 3 is 2.68 bits per heavy atom. The average Bonchev–Trinajstić information content (AvgIpc) is 2.98. The lowest BCUT2D eigenvalue weighted by Crippen LogP contribution is -2.09. The Hall–Kier alpha value is -3.11. The van der Waals surface area contributed by atoms with Gasteiger partial charge >= 0.3 is 5.63 Å². The molecule has 0 aliphatic rings. The zero-order valence-electron chi connectivity index (χ0n) is 15.5. The molecule has 0 saturated heterocycles. The molecule has 0 atom stereocenters. The van der Waals surface area contributed by atoms with Crippen molar-refractivity contribution in [2.45, 2.75) is 20.4 Å². The lowest BCUT2D eigenvalue weighted by Gasteiger charge is -2.09. The molecule has 5 rings (SSSR count). The summed E-state index contributed by atoms with van der Waals surface area (Å²) in [6.45, 7) is 4.42. The molecule has 3 aromatic heterocycles. The first kappa shape index (κ1) is 17.0. The maximum atomic E-state index is 13.0. The first-order valence-corrected chi connectivity index (χ1v) is 9.47. The van der Waals surface area contributed by atoms with E-state index in [0.717, 1.165) is 38.5 Å². The van der Waals surface area contributed by atoms with Crippen molar-refractivity contribution in [3.05, 3.63) is 86.9 Å². The molecule has 0 N–H and O–H groups in total. The summed E-state index contributed by atoms with van der Waals surface area (Å²) < 4.78 is 7.60. The Morgan fingerprint density at radius 2 is 1.86 bits per heavy atom. The van der Waals surface area contributed by atoms with Gasteiger partial charge in [-0.3, -0.25) is 0 Å². The van der Waals surface area contributed by atoms with Crippen LogP contribution in [-0.4, -0.2) is 9.55 Å². The molecule has 0 bridgehead atoms. The van der Waals surface area contributed by atoms with Crippen LogP contribution in [-0.2, 0) is 6.54 Å². The third-order valence-corrected chi connectivity index (χ3v) is 5.53. The third-order valence-electron chi connectivity index (χ3n) is 5.16. The maximum absolute atomic E-state index is 13.0. The third kappa shape index (κ3) is 2.53. The predicted molar refractivity (Wildman–Crippen MR) is 113 cm³/mol. The first-order chi connectivity index (χ1) is 13.5. The lowest BCUT2D eigenvalue weighted by atomic mass is 10.1. The van der Waals surface area contributed by atoms with Crippen LogP contribution >= 0.6 is 11.6 Å². The van der Waals surface area contributed by atoms with E-state index in [0.29, 0.717) is 22.8 Å². The van der Waals surface area contributed by atoms with E-state index >= 15 is 0 Å². The SMILES string of the molecule is Cc1ccc2c(c1)c1c3ccc(C)nc3oc(=O)c1n2Cc1ccccc1Cl. The Morgan fingerprint density at radius 1 is 1.04 bits per heavy atom. The number of benzene rings is 2. The quantitative estimate of drug-likeness (QED) is 0.394. The van der Waals surface area contributed by atoms with Crippen LogP contribution in [0.4, 0.5) is 0 Å². The van der Waals surface area contributed by atoms with Gasteiger partial charge in [-0.2, -0.15) is 0 Å². The molecule has 0 amide bonds. The van der Waals surface area contributed by atoms with Crippen LogP contribution in [0.2, 0.25) is 5.02 Å². The zero-order valence-corrected chi connectivity index (χ0v) is 16.2. The number of aromatic nitrogens is 2.